The Bertz CT molecular complexity index is 349. The molecule has 1 aliphatic rings. The van der Waals surface area contributed by atoms with Gasteiger partial charge in [-0.25, -0.2) is 4.79 Å². The minimum Gasteiger partial charge on any atom is -0.480 e. The third-order valence-electron chi connectivity index (χ3n) is 4.55. The zero-order valence-corrected chi connectivity index (χ0v) is 13.4. The third-order valence-corrected chi connectivity index (χ3v) is 4.55. The molecule has 1 atom stereocenters. The van der Waals surface area contributed by atoms with Gasteiger partial charge in [-0.2, -0.15) is 0 Å². The Morgan fingerprint density at radius 2 is 1.86 bits per heavy atom. The van der Waals surface area contributed by atoms with E-state index < -0.39 is 12.0 Å². The van der Waals surface area contributed by atoms with Gasteiger partial charge in [0, 0.05) is 6.42 Å². The molecule has 1 aliphatic carbocycles. The lowest BCUT2D eigenvalue weighted by atomic mass is 9.83. The van der Waals surface area contributed by atoms with Gasteiger partial charge in [-0.15, -0.1) is 0 Å². The summed E-state index contributed by atoms with van der Waals surface area (Å²) in [6.07, 6.45) is 7.05. The van der Waals surface area contributed by atoms with E-state index in [9.17, 15) is 14.7 Å². The lowest BCUT2D eigenvalue weighted by Gasteiger charge is -2.29. The summed E-state index contributed by atoms with van der Waals surface area (Å²) in [5.41, 5.74) is 5.58. The first-order valence-electron chi connectivity index (χ1n) is 8.08. The first-order valence-corrected chi connectivity index (χ1v) is 8.08. The largest absolute Gasteiger partial charge is 0.480 e. The number of hydrogen-bond donors (Lipinski definition) is 3. The fraction of sp³-hybridized carbons (Fsp3) is 0.875. The second-order valence-electron chi connectivity index (χ2n) is 6.98. The molecule has 0 radical (unpaired) electrons. The normalized spacial score (nSPS) is 18.2. The average Bonchev–Trinajstić information content (AvgIpc) is 2.43. The van der Waals surface area contributed by atoms with Crippen LogP contribution in [0.2, 0.25) is 0 Å². The van der Waals surface area contributed by atoms with Crippen LogP contribution in [0.15, 0.2) is 0 Å². The lowest BCUT2D eigenvalue weighted by Crippen LogP contribution is -2.46. The quantitative estimate of drug-likeness (QED) is 0.641. The Kier molecular flexibility index (Phi) is 7.15. The number of carbonyl (C=O) groups is 2. The Labute approximate surface area is 127 Å². The highest BCUT2D eigenvalue weighted by molar-refractivity contribution is 5.83. The molecule has 1 unspecified atom stereocenters. The van der Waals surface area contributed by atoms with Crippen LogP contribution >= 0.6 is 0 Å². The molecule has 122 valence electrons. The zero-order chi connectivity index (χ0) is 15.9. The van der Waals surface area contributed by atoms with Crippen molar-refractivity contribution in [1.29, 1.82) is 0 Å². The van der Waals surface area contributed by atoms with E-state index in [-0.39, 0.29) is 17.2 Å². The molecule has 0 aromatic carbocycles. The van der Waals surface area contributed by atoms with E-state index in [0.29, 0.717) is 13.0 Å². The average molecular weight is 298 g/mol. The molecule has 0 saturated heterocycles. The smallest absolute Gasteiger partial charge is 0.326 e. The molecule has 0 bridgehead atoms. The SMILES string of the molecule is CC(C)(CCN)CCC(=O)NC(C(=O)O)C1CCCCC1. The van der Waals surface area contributed by atoms with Crippen molar-refractivity contribution in [3.63, 3.8) is 0 Å². The van der Waals surface area contributed by atoms with Crippen LogP contribution in [0.4, 0.5) is 0 Å². The predicted molar refractivity (Wildman–Crippen MR) is 82.8 cm³/mol. The molecule has 0 heterocycles. The summed E-state index contributed by atoms with van der Waals surface area (Å²) in [5, 5.41) is 12.1. The molecule has 5 heteroatoms. The summed E-state index contributed by atoms with van der Waals surface area (Å²) in [6.45, 7) is 4.78. The summed E-state index contributed by atoms with van der Waals surface area (Å²) < 4.78 is 0. The van der Waals surface area contributed by atoms with Crippen molar-refractivity contribution in [2.24, 2.45) is 17.1 Å². The lowest BCUT2D eigenvalue weighted by molar-refractivity contribution is -0.144. The Morgan fingerprint density at radius 1 is 1.24 bits per heavy atom. The van der Waals surface area contributed by atoms with Crippen molar-refractivity contribution < 1.29 is 14.7 Å². The Hall–Kier alpha value is -1.10. The molecule has 0 aliphatic heterocycles. The Morgan fingerprint density at radius 3 is 2.38 bits per heavy atom. The molecule has 1 fully saturated rings. The van der Waals surface area contributed by atoms with E-state index in [4.69, 9.17) is 5.73 Å². The Balaban J connectivity index is 2.47. The van der Waals surface area contributed by atoms with Gasteiger partial charge in [0.2, 0.25) is 5.91 Å². The van der Waals surface area contributed by atoms with Crippen molar-refractivity contribution >= 4 is 11.9 Å². The van der Waals surface area contributed by atoms with Gasteiger partial charge in [-0.1, -0.05) is 33.1 Å². The molecular formula is C16H30N2O3. The van der Waals surface area contributed by atoms with Crippen LogP contribution in [-0.2, 0) is 9.59 Å². The predicted octanol–water partition coefficient (Wildman–Crippen LogP) is 2.29. The van der Waals surface area contributed by atoms with Crippen LogP contribution in [0.3, 0.4) is 0 Å². The number of carboxylic acids is 1. The number of hydrogen-bond acceptors (Lipinski definition) is 3. The number of carboxylic acid groups (broad SMARTS) is 1. The fourth-order valence-electron chi connectivity index (χ4n) is 3.06. The molecule has 0 spiro atoms. The standard InChI is InChI=1S/C16H30N2O3/c1-16(2,10-11-17)9-8-13(19)18-14(15(20)21)12-6-4-3-5-7-12/h12,14H,3-11,17H2,1-2H3,(H,18,19)(H,20,21). The van der Waals surface area contributed by atoms with Crippen molar-refractivity contribution in [3.05, 3.63) is 0 Å². The maximum atomic E-state index is 12.0. The van der Waals surface area contributed by atoms with Gasteiger partial charge in [0.25, 0.3) is 0 Å². The second-order valence-corrected chi connectivity index (χ2v) is 6.98. The minimum atomic E-state index is -0.906. The number of rotatable bonds is 8. The van der Waals surface area contributed by atoms with Gasteiger partial charge in [0.15, 0.2) is 0 Å². The van der Waals surface area contributed by atoms with Crippen LogP contribution < -0.4 is 11.1 Å². The van der Waals surface area contributed by atoms with Gasteiger partial charge < -0.3 is 16.2 Å². The molecule has 1 rings (SSSR count). The summed E-state index contributed by atoms with van der Waals surface area (Å²) in [6, 6.07) is -0.726. The number of nitrogens with one attached hydrogen (secondary N) is 1. The topological polar surface area (TPSA) is 92.4 Å². The molecule has 0 aromatic rings. The van der Waals surface area contributed by atoms with Crippen molar-refractivity contribution in [2.45, 2.75) is 71.3 Å². The summed E-state index contributed by atoms with van der Waals surface area (Å²) >= 11 is 0. The van der Waals surface area contributed by atoms with Crippen molar-refractivity contribution in [3.8, 4) is 0 Å². The van der Waals surface area contributed by atoms with Crippen LogP contribution in [0.1, 0.15) is 65.2 Å². The highest BCUT2D eigenvalue weighted by Gasteiger charge is 2.31. The molecular weight excluding hydrogens is 268 g/mol. The molecule has 1 amide bonds. The van der Waals surface area contributed by atoms with Crippen LogP contribution in [0.25, 0.3) is 0 Å². The number of aliphatic carboxylic acids is 1. The maximum Gasteiger partial charge on any atom is 0.326 e. The molecule has 4 N–H and O–H groups in total. The summed E-state index contributed by atoms with van der Waals surface area (Å²) in [5.74, 6) is -0.980. The van der Waals surface area contributed by atoms with E-state index >= 15 is 0 Å². The van der Waals surface area contributed by atoms with Crippen LogP contribution in [0, 0.1) is 11.3 Å². The number of amides is 1. The van der Waals surface area contributed by atoms with Crippen LogP contribution in [-0.4, -0.2) is 29.6 Å². The number of carbonyl (C=O) groups excluding carboxylic acids is 1. The highest BCUT2D eigenvalue weighted by Crippen LogP contribution is 2.28. The monoisotopic (exact) mass is 298 g/mol. The number of nitrogens with two attached hydrogens (primary N) is 1. The van der Waals surface area contributed by atoms with Gasteiger partial charge in [0.05, 0.1) is 0 Å². The van der Waals surface area contributed by atoms with Gasteiger partial charge in [-0.3, -0.25) is 4.79 Å². The first kappa shape index (κ1) is 18.0. The zero-order valence-electron chi connectivity index (χ0n) is 13.4. The summed E-state index contributed by atoms with van der Waals surface area (Å²) in [7, 11) is 0. The van der Waals surface area contributed by atoms with E-state index in [0.717, 1.165) is 38.5 Å². The van der Waals surface area contributed by atoms with Crippen molar-refractivity contribution in [2.75, 3.05) is 6.54 Å². The molecule has 5 nitrogen and oxygen atoms in total. The van der Waals surface area contributed by atoms with Crippen LogP contribution in [0.5, 0.6) is 0 Å². The molecule has 0 aromatic heterocycles. The molecule has 1 saturated carbocycles. The van der Waals surface area contributed by atoms with Gasteiger partial charge in [0.1, 0.15) is 6.04 Å². The van der Waals surface area contributed by atoms with Gasteiger partial charge in [-0.05, 0) is 43.6 Å². The second kappa shape index (κ2) is 8.37. The highest BCUT2D eigenvalue weighted by atomic mass is 16.4. The third kappa shape index (κ3) is 6.46. The minimum absolute atomic E-state index is 0.0235. The first-order chi connectivity index (χ1) is 9.85. The van der Waals surface area contributed by atoms with E-state index in [2.05, 4.69) is 19.2 Å². The van der Waals surface area contributed by atoms with Crippen molar-refractivity contribution in [1.82, 2.24) is 5.32 Å². The van der Waals surface area contributed by atoms with E-state index in [1.807, 2.05) is 0 Å². The summed E-state index contributed by atoms with van der Waals surface area (Å²) in [4.78, 5) is 23.5. The molecule has 21 heavy (non-hydrogen) atoms. The fourth-order valence-corrected chi connectivity index (χ4v) is 3.06. The van der Waals surface area contributed by atoms with E-state index in [1.54, 1.807) is 0 Å². The van der Waals surface area contributed by atoms with E-state index in [1.165, 1.54) is 6.42 Å². The van der Waals surface area contributed by atoms with Gasteiger partial charge >= 0.3 is 5.97 Å². The maximum absolute atomic E-state index is 12.0.